The molecule has 0 saturated carbocycles. The van der Waals surface area contributed by atoms with Crippen molar-refractivity contribution in [3.8, 4) is 0 Å². The van der Waals surface area contributed by atoms with E-state index in [9.17, 15) is 4.39 Å². The van der Waals surface area contributed by atoms with E-state index in [0.29, 0.717) is 6.54 Å². The summed E-state index contributed by atoms with van der Waals surface area (Å²) in [6, 6.07) is 5.27. The van der Waals surface area contributed by atoms with Crippen LogP contribution in [0.5, 0.6) is 0 Å². The zero-order valence-electron chi connectivity index (χ0n) is 11.3. The summed E-state index contributed by atoms with van der Waals surface area (Å²) in [6.45, 7) is 7.04. The van der Waals surface area contributed by atoms with Crippen molar-refractivity contribution in [3.05, 3.63) is 35.1 Å². The van der Waals surface area contributed by atoms with Gasteiger partial charge in [-0.05, 0) is 49.1 Å². The summed E-state index contributed by atoms with van der Waals surface area (Å²) >= 11 is 0. The van der Waals surface area contributed by atoms with E-state index in [1.165, 1.54) is 18.4 Å². The van der Waals surface area contributed by atoms with E-state index in [1.54, 1.807) is 12.1 Å². The molecule has 0 radical (unpaired) electrons. The van der Waals surface area contributed by atoms with Gasteiger partial charge in [-0.1, -0.05) is 19.4 Å². The molecule has 1 aromatic rings. The van der Waals surface area contributed by atoms with Gasteiger partial charge < -0.3 is 5.73 Å². The van der Waals surface area contributed by atoms with Crippen LogP contribution in [-0.2, 0) is 0 Å². The van der Waals surface area contributed by atoms with Gasteiger partial charge in [0.2, 0.25) is 0 Å². The number of likely N-dealkylation sites (tertiary alicyclic amines) is 1. The summed E-state index contributed by atoms with van der Waals surface area (Å²) in [7, 11) is 0. The molecule has 0 amide bonds. The van der Waals surface area contributed by atoms with Crippen molar-refractivity contribution in [2.75, 3.05) is 19.6 Å². The molecule has 1 saturated heterocycles. The van der Waals surface area contributed by atoms with Crippen LogP contribution in [0.25, 0.3) is 0 Å². The van der Waals surface area contributed by atoms with Crippen LogP contribution < -0.4 is 5.73 Å². The lowest BCUT2D eigenvalue weighted by Gasteiger charge is -2.28. The lowest BCUT2D eigenvalue weighted by atomic mass is 10.00. The standard InChI is InChI=1S/C15H23FN2/c1-3-12-6-7-18(10-12)15(9-17)14-5-4-13(16)8-11(14)2/h4-5,8,12,15H,3,6-7,9-10,17H2,1-2H3. The summed E-state index contributed by atoms with van der Waals surface area (Å²) in [5.41, 5.74) is 8.12. The van der Waals surface area contributed by atoms with Gasteiger partial charge >= 0.3 is 0 Å². The number of nitrogens with zero attached hydrogens (tertiary/aromatic N) is 1. The fraction of sp³-hybridized carbons (Fsp3) is 0.600. The Morgan fingerprint density at radius 3 is 2.83 bits per heavy atom. The van der Waals surface area contributed by atoms with Crippen molar-refractivity contribution in [3.63, 3.8) is 0 Å². The van der Waals surface area contributed by atoms with E-state index in [-0.39, 0.29) is 11.9 Å². The highest BCUT2D eigenvalue weighted by atomic mass is 19.1. The number of benzene rings is 1. The first-order chi connectivity index (χ1) is 8.65. The minimum absolute atomic E-state index is 0.167. The summed E-state index contributed by atoms with van der Waals surface area (Å²) < 4.78 is 13.2. The maximum atomic E-state index is 13.2. The Labute approximate surface area is 109 Å². The molecule has 3 heteroatoms. The van der Waals surface area contributed by atoms with Crippen molar-refractivity contribution in [1.29, 1.82) is 0 Å². The molecule has 100 valence electrons. The molecule has 1 aliphatic rings. The summed E-state index contributed by atoms with van der Waals surface area (Å²) in [4.78, 5) is 2.45. The van der Waals surface area contributed by atoms with Crippen molar-refractivity contribution in [1.82, 2.24) is 4.90 Å². The molecule has 1 fully saturated rings. The lowest BCUT2D eigenvalue weighted by Crippen LogP contribution is -2.32. The molecule has 0 aliphatic carbocycles. The molecule has 2 rings (SSSR count). The Morgan fingerprint density at radius 1 is 1.50 bits per heavy atom. The predicted molar refractivity (Wildman–Crippen MR) is 72.9 cm³/mol. The first-order valence-electron chi connectivity index (χ1n) is 6.85. The fourth-order valence-corrected chi connectivity index (χ4v) is 2.96. The van der Waals surface area contributed by atoms with Gasteiger partial charge in [-0.25, -0.2) is 4.39 Å². The number of aryl methyl sites for hydroxylation is 1. The van der Waals surface area contributed by atoms with Crippen molar-refractivity contribution < 1.29 is 4.39 Å². The van der Waals surface area contributed by atoms with Crippen molar-refractivity contribution >= 4 is 0 Å². The maximum Gasteiger partial charge on any atom is 0.123 e. The summed E-state index contributed by atoms with van der Waals surface area (Å²) in [6.07, 6.45) is 2.49. The zero-order valence-corrected chi connectivity index (χ0v) is 11.3. The second-order valence-electron chi connectivity index (χ2n) is 5.31. The lowest BCUT2D eigenvalue weighted by molar-refractivity contribution is 0.240. The van der Waals surface area contributed by atoms with Gasteiger partial charge in [0.1, 0.15) is 5.82 Å². The monoisotopic (exact) mass is 250 g/mol. The SMILES string of the molecule is CCC1CCN(C(CN)c2ccc(F)cc2C)C1. The minimum atomic E-state index is -0.167. The van der Waals surface area contributed by atoms with Gasteiger partial charge in [0.05, 0.1) is 0 Å². The first-order valence-corrected chi connectivity index (χ1v) is 6.85. The van der Waals surface area contributed by atoms with Crippen LogP contribution in [0.1, 0.15) is 36.9 Å². The zero-order chi connectivity index (χ0) is 13.1. The Kier molecular flexibility index (Phi) is 4.36. The van der Waals surface area contributed by atoms with Crippen LogP contribution in [0.4, 0.5) is 4.39 Å². The normalized spacial score (nSPS) is 22.3. The molecule has 0 spiro atoms. The molecule has 2 atom stereocenters. The van der Waals surface area contributed by atoms with Gasteiger partial charge in [0, 0.05) is 19.1 Å². The van der Waals surface area contributed by atoms with Crippen LogP contribution in [0.3, 0.4) is 0 Å². The highest BCUT2D eigenvalue weighted by molar-refractivity contribution is 5.30. The minimum Gasteiger partial charge on any atom is -0.329 e. The molecule has 2 N–H and O–H groups in total. The van der Waals surface area contributed by atoms with Crippen LogP contribution in [-0.4, -0.2) is 24.5 Å². The topological polar surface area (TPSA) is 29.3 Å². The number of rotatable bonds is 4. The maximum absolute atomic E-state index is 13.2. The first kappa shape index (κ1) is 13.5. The quantitative estimate of drug-likeness (QED) is 0.890. The van der Waals surface area contributed by atoms with Crippen LogP contribution in [0.15, 0.2) is 18.2 Å². The molecule has 0 aromatic heterocycles. The highest BCUT2D eigenvalue weighted by Crippen LogP contribution is 2.30. The molecular weight excluding hydrogens is 227 g/mol. The molecule has 18 heavy (non-hydrogen) atoms. The van der Waals surface area contributed by atoms with Gasteiger partial charge in [-0.3, -0.25) is 4.90 Å². The van der Waals surface area contributed by atoms with Crippen LogP contribution in [0, 0.1) is 18.7 Å². The number of halogens is 1. The number of nitrogens with two attached hydrogens (primary N) is 1. The summed E-state index contributed by atoms with van der Waals surface area (Å²) in [5.74, 6) is 0.625. The van der Waals surface area contributed by atoms with Crippen LogP contribution >= 0.6 is 0 Å². The fourth-order valence-electron chi connectivity index (χ4n) is 2.96. The second-order valence-corrected chi connectivity index (χ2v) is 5.31. The number of hydrogen-bond donors (Lipinski definition) is 1. The van der Waals surface area contributed by atoms with Gasteiger partial charge in [0.25, 0.3) is 0 Å². The highest BCUT2D eigenvalue weighted by Gasteiger charge is 2.28. The summed E-state index contributed by atoms with van der Waals surface area (Å²) in [5, 5.41) is 0. The molecule has 1 aromatic carbocycles. The Balaban J connectivity index is 2.18. The predicted octanol–water partition coefficient (Wildman–Crippen LogP) is 2.87. The van der Waals surface area contributed by atoms with Crippen molar-refractivity contribution in [2.24, 2.45) is 11.7 Å². The largest absolute Gasteiger partial charge is 0.329 e. The molecule has 1 aliphatic heterocycles. The number of hydrogen-bond acceptors (Lipinski definition) is 2. The van der Waals surface area contributed by atoms with E-state index in [4.69, 9.17) is 5.73 Å². The van der Waals surface area contributed by atoms with Gasteiger partial charge in [-0.15, -0.1) is 0 Å². The Hall–Kier alpha value is -0.930. The third-order valence-electron chi connectivity index (χ3n) is 4.15. The van der Waals surface area contributed by atoms with Gasteiger partial charge in [0.15, 0.2) is 0 Å². The third kappa shape index (κ3) is 2.73. The van der Waals surface area contributed by atoms with E-state index < -0.39 is 0 Å². The average molecular weight is 250 g/mol. The second kappa shape index (κ2) is 5.81. The molecule has 0 bridgehead atoms. The Morgan fingerprint density at radius 2 is 2.28 bits per heavy atom. The molecular formula is C15H23FN2. The molecule has 2 unspecified atom stereocenters. The molecule has 2 nitrogen and oxygen atoms in total. The average Bonchev–Trinajstić information content (AvgIpc) is 2.81. The Bertz CT molecular complexity index is 405. The van der Waals surface area contributed by atoms with Crippen LogP contribution in [0.2, 0.25) is 0 Å². The van der Waals surface area contributed by atoms with E-state index >= 15 is 0 Å². The van der Waals surface area contributed by atoms with E-state index in [2.05, 4.69) is 11.8 Å². The van der Waals surface area contributed by atoms with E-state index in [0.717, 1.165) is 24.6 Å². The van der Waals surface area contributed by atoms with Gasteiger partial charge in [-0.2, -0.15) is 0 Å². The molecule has 1 heterocycles. The third-order valence-corrected chi connectivity index (χ3v) is 4.15. The van der Waals surface area contributed by atoms with E-state index in [1.807, 2.05) is 13.0 Å². The smallest absolute Gasteiger partial charge is 0.123 e. The van der Waals surface area contributed by atoms with Crippen molar-refractivity contribution in [2.45, 2.75) is 32.7 Å².